The number of H-pyrrole nitrogens is 1. The van der Waals surface area contributed by atoms with Gasteiger partial charge in [0.1, 0.15) is 18.5 Å². The van der Waals surface area contributed by atoms with Gasteiger partial charge in [-0.25, -0.2) is 0 Å². The number of aromatic nitrogens is 1. The van der Waals surface area contributed by atoms with Gasteiger partial charge >= 0.3 is 10.8 Å². The number of hydrogen-bond acceptors (Lipinski definition) is 7. The minimum Gasteiger partial charge on any atom is -0.494 e. The first-order valence-electron chi connectivity index (χ1n) is 12.5. The zero-order valence-corrected chi connectivity index (χ0v) is 21.5. The van der Waals surface area contributed by atoms with Crippen molar-refractivity contribution in [3.63, 3.8) is 0 Å². The zero-order chi connectivity index (χ0) is 25.5. The fraction of sp³-hybridized carbons (Fsp3) is 0.429. The first kappa shape index (κ1) is 26.0. The van der Waals surface area contributed by atoms with E-state index in [0.717, 1.165) is 53.7 Å². The number of ether oxygens (including phenoxy) is 3. The highest BCUT2D eigenvalue weighted by Gasteiger charge is 2.28. The summed E-state index contributed by atoms with van der Waals surface area (Å²) in [5.41, 5.74) is 3.01. The van der Waals surface area contributed by atoms with Crippen molar-refractivity contribution in [2.45, 2.75) is 64.8 Å². The lowest BCUT2D eigenvalue weighted by atomic mass is 10.1. The Morgan fingerprint density at radius 2 is 1.92 bits per heavy atom. The van der Waals surface area contributed by atoms with Crippen molar-refractivity contribution >= 4 is 17.3 Å². The lowest BCUT2D eigenvalue weighted by Crippen LogP contribution is -2.28. The lowest BCUT2D eigenvalue weighted by molar-refractivity contribution is -0.198. The normalized spacial score (nSPS) is 15.5. The van der Waals surface area contributed by atoms with Gasteiger partial charge in [-0.15, -0.1) is 0 Å². The molecule has 0 aliphatic heterocycles. The van der Waals surface area contributed by atoms with Crippen LogP contribution >= 0.6 is 11.3 Å². The van der Waals surface area contributed by atoms with Crippen LogP contribution in [0.15, 0.2) is 53.3 Å². The number of thiazole rings is 1. The van der Waals surface area contributed by atoms with Gasteiger partial charge in [0.15, 0.2) is 0 Å². The number of aromatic hydroxyl groups is 1. The van der Waals surface area contributed by atoms with Crippen molar-refractivity contribution in [1.29, 1.82) is 0 Å². The van der Waals surface area contributed by atoms with Gasteiger partial charge in [0, 0.05) is 12.8 Å². The van der Waals surface area contributed by atoms with Crippen LogP contribution in [-0.4, -0.2) is 29.0 Å². The standard InChI is InChI=1S/C28H33NO6S/c1-3-25(35-27(31)20-8-4-5-9-20)34-23(21-10-6-7-18(2)15-21)17-33-22-13-11-19(12-14-22)16-24-26(30)29-28(32)36-24/h6-7,10-15,20,23,25,30H,3-5,8-9,16-17H2,1-2H3,(H,29,32). The molecule has 8 heteroatoms. The number of esters is 1. The minimum atomic E-state index is -0.643. The maximum absolute atomic E-state index is 12.6. The van der Waals surface area contributed by atoms with Gasteiger partial charge in [-0.1, -0.05) is 73.1 Å². The molecule has 36 heavy (non-hydrogen) atoms. The molecule has 2 atom stereocenters. The number of rotatable bonds is 11. The van der Waals surface area contributed by atoms with Crippen molar-refractivity contribution in [3.05, 3.63) is 79.8 Å². The molecule has 2 N–H and O–H groups in total. The van der Waals surface area contributed by atoms with Crippen LogP contribution < -0.4 is 9.61 Å². The van der Waals surface area contributed by atoms with E-state index in [9.17, 15) is 14.7 Å². The van der Waals surface area contributed by atoms with E-state index in [1.807, 2.05) is 56.3 Å². The summed E-state index contributed by atoms with van der Waals surface area (Å²) < 4.78 is 18.1. The Labute approximate surface area is 215 Å². The Kier molecular flexibility index (Phi) is 8.83. The summed E-state index contributed by atoms with van der Waals surface area (Å²) in [5.74, 6) is 0.395. The average Bonchev–Trinajstić information content (AvgIpc) is 3.51. The number of benzene rings is 2. The Hall–Kier alpha value is -3.10. The second-order valence-electron chi connectivity index (χ2n) is 9.21. The summed E-state index contributed by atoms with van der Waals surface area (Å²) >= 11 is 1.00. The molecule has 1 aliphatic carbocycles. The van der Waals surface area contributed by atoms with Crippen molar-refractivity contribution in [2.24, 2.45) is 5.92 Å². The highest BCUT2D eigenvalue weighted by molar-refractivity contribution is 7.09. The van der Waals surface area contributed by atoms with Gasteiger partial charge < -0.3 is 19.3 Å². The predicted octanol–water partition coefficient (Wildman–Crippen LogP) is 5.65. The first-order valence-corrected chi connectivity index (χ1v) is 13.3. The smallest absolute Gasteiger partial charge is 0.311 e. The third-order valence-corrected chi connectivity index (χ3v) is 7.26. The molecule has 0 amide bonds. The van der Waals surface area contributed by atoms with E-state index < -0.39 is 12.4 Å². The quantitative estimate of drug-likeness (QED) is 0.255. The molecule has 4 rings (SSSR count). The zero-order valence-electron chi connectivity index (χ0n) is 20.7. The molecule has 192 valence electrons. The van der Waals surface area contributed by atoms with Gasteiger partial charge in [0.2, 0.25) is 12.2 Å². The summed E-state index contributed by atoms with van der Waals surface area (Å²) in [6.45, 7) is 4.22. The molecule has 7 nitrogen and oxygen atoms in total. The number of hydrogen-bond donors (Lipinski definition) is 2. The van der Waals surface area contributed by atoms with Gasteiger partial charge in [0.05, 0.1) is 10.8 Å². The van der Waals surface area contributed by atoms with Crippen LogP contribution in [0, 0.1) is 12.8 Å². The lowest BCUT2D eigenvalue weighted by Gasteiger charge is -2.26. The van der Waals surface area contributed by atoms with E-state index in [2.05, 4.69) is 11.1 Å². The minimum absolute atomic E-state index is 0.0240. The molecule has 2 unspecified atom stereocenters. The largest absolute Gasteiger partial charge is 0.494 e. The molecule has 0 bridgehead atoms. The second-order valence-corrected chi connectivity index (χ2v) is 10.3. The van der Waals surface area contributed by atoms with E-state index in [0.29, 0.717) is 23.5 Å². The van der Waals surface area contributed by atoms with Crippen molar-refractivity contribution in [3.8, 4) is 11.6 Å². The number of aryl methyl sites for hydroxylation is 1. The molecule has 1 aromatic heterocycles. The highest BCUT2D eigenvalue weighted by Crippen LogP contribution is 2.29. The molecular formula is C28H33NO6S. The van der Waals surface area contributed by atoms with E-state index >= 15 is 0 Å². The average molecular weight is 512 g/mol. The molecule has 0 radical (unpaired) electrons. The molecule has 1 saturated carbocycles. The third-order valence-electron chi connectivity index (χ3n) is 6.39. The summed E-state index contributed by atoms with van der Waals surface area (Å²) in [4.78, 5) is 26.7. The fourth-order valence-corrected chi connectivity index (χ4v) is 5.15. The summed E-state index contributed by atoms with van der Waals surface area (Å²) in [6.07, 6.45) is 3.86. The summed E-state index contributed by atoms with van der Waals surface area (Å²) in [6, 6.07) is 15.6. The van der Waals surface area contributed by atoms with Gasteiger partial charge in [-0.3, -0.25) is 14.6 Å². The molecular weight excluding hydrogens is 478 g/mol. The molecule has 1 aliphatic rings. The highest BCUT2D eigenvalue weighted by atomic mass is 32.1. The summed E-state index contributed by atoms with van der Waals surface area (Å²) in [7, 11) is 0. The first-order chi connectivity index (χ1) is 17.4. The van der Waals surface area contributed by atoms with Crippen molar-refractivity contribution < 1.29 is 24.1 Å². The Morgan fingerprint density at radius 1 is 1.17 bits per heavy atom. The van der Waals surface area contributed by atoms with E-state index in [1.54, 1.807) is 0 Å². The summed E-state index contributed by atoms with van der Waals surface area (Å²) in [5, 5.41) is 9.81. The Bertz CT molecular complexity index is 1200. The fourth-order valence-electron chi connectivity index (χ4n) is 4.40. The molecule has 1 fully saturated rings. The van der Waals surface area contributed by atoms with Crippen LogP contribution in [0.2, 0.25) is 0 Å². The molecule has 0 saturated heterocycles. The monoisotopic (exact) mass is 511 g/mol. The number of nitrogens with one attached hydrogen (secondary N) is 1. The van der Waals surface area contributed by atoms with Crippen LogP contribution in [0.25, 0.3) is 0 Å². The maximum Gasteiger partial charge on any atom is 0.311 e. The van der Waals surface area contributed by atoms with E-state index in [4.69, 9.17) is 14.2 Å². The van der Waals surface area contributed by atoms with Crippen molar-refractivity contribution in [1.82, 2.24) is 4.98 Å². The molecule has 0 spiro atoms. The van der Waals surface area contributed by atoms with Crippen molar-refractivity contribution in [2.75, 3.05) is 6.61 Å². The predicted molar refractivity (Wildman–Crippen MR) is 138 cm³/mol. The van der Waals surface area contributed by atoms with Crippen LogP contribution in [-0.2, 0) is 20.7 Å². The third kappa shape index (κ3) is 6.98. The molecule has 2 aromatic carbocycles. The van der Waals surface area contributed by atoms with E-state index in [-0.39, 0.29) is 29.2 Å². The Morgan fingerprint density at radius 3 is 2.56 bits per heavy atom. The van der Waals surface area contributed by atoms with Gasteiger partial charge in [-0.05, 0) is 43.0 Å². The molecule has 3 aromatic rings. The number of carbonyl (C=O) groups is 1. The van der Waals surface area contributed by atoms with Crippen LogP contribution in [0.1, 0.15) is 66.7 Å². The van der Waals surface area contributed by atoms with Crippen LogP contribution in [0.5, 0.6) is 11.6 Å². The maximum atomic E-state index is 12.6. The Balaban J connectivity index is 1.41. The molecule has 1 heterocycles. The number of carbonyl (C=O) groups excluding carboxylic acids is 1. The van der Waals surface area contributed by atoms with Crippen LogP contribution in [0.3, 0.4) is 0 Å². The SMILES string of the molecule is CCC(OC(=O)C1CCCC1)OC(COc1ccc(Cc2sc(=O)[nH]c2O)cc1)c1cccc(C)c1. The second kappa shape index (κ2) is 12.2. The van der Waals surface area contributed by atoms with Gasteiger partial charge in [0.25, 0.3) is 0 Å². The topological polar surface area (TPSA) is 97.9 Å². The number of aromatic amines is 1. The van der Waals surface area contributed by atoms with Crippen LogP contribution in [0.4, 0.5) is 0 Å². The van der Waals surface area contributed by atoms with Gasteiger partial charge in [-0.2, -0.15) is 0 Å². The van der Waals surface area contributed by atoms with E-state index in [1.165, 1.54) is 0 Å².